The standard InChI is InChI=1S/C28H31N2.C13H24O2.Ir/c1-16(2)27-29-25(21-12-17(3)11-18(4)13-21)23-10-9-20-15-22(28(6,7)8)14-19(5)24(20)26(23)30-27;1-7-12(3,4)10(14)9-11(15)13(5,6)8-2;/h9-12,14-16H,1-8H3;9,14H,7-8H2,1-6H3;/q-1;;/b;10-9-;. The van der Waals surface area contributed by atoms with Crippen LogP contribution in [0.4, 0.5) is 0 Å². The molecule has 0 atom stereocenters. The summed E-state index contributed by atoms with van der Waals surface area (Å²) in [6, 6.07) is 16.9. The molecule has 0 unspecified atom stereocenters. The molecule has 0 aliphatic rings. The third-order valence-corrected chi connectivity index (χ3v) is 9.18. The van der Waals surface area contributed by atoms with Crippen LogP contribution < -0.4 is 0 Å². The molecule has 4 rings (SSSR count). The fourth-order valence-corrected chi connectivity index (χ4v) is 5.07. The number of hydrogen-bond acceptors (Lipinski definition) is 4. The summed E-state index contributed by atoms with van der Waals surface area (Å²) >= 11 is 0. The Bertz CT molecular complexity index is 1720. The van der Waals surface area contributed by atoms with Crippen molar-refractivity contribution in [2.75, 3.05) is 0 Å². The van der Waals surface area contributed by atoms with Gasteiger partial charge in [-0.1, -0.05) is 114 Å². The monoisotopic (exact) mass is 800 g/mol. The summed E-state index contributed by atoms with van der Waals surface area (Å²) in [5, 5.41) is 13.4. The fourth-order valence-electron chi connectivity index (χ4n) is 5.07. The first-order valence-electron chi connectivity index (χ1n) is 16.4. The van der Waals surface area contributed by atoms with Crippen molar-refractivity contribution in [3.8, 4) is 11.3 Å². The Morgan fingerprint density at radius 3 is 2.02 bits per heavy atom. The Hall–Kier alpha value is -2.88. The number of carbonyl (C=O) groups excluding carboxylic acids is 1. The normalized spacial score (nSPS) is 12.6. The van der Waals surface area contributed by atoms with Crippen LogP contribution in [0.3, 0.4) is 0 Å². The second-order valence-corrected chi connectivity index (χ2v) is 15.3. The number of benzene rings is 3. The number of aromatic nitrogens is 2. The zero-order valence-electron chi connectivity index (χ0n) is 30.6. The molecule has 5 heteroatoms. The zero-order chi connectivity index (χ0) is 34.1. The van der Waals surface area contributed by atoms with Gasteiger partial charge in [0.25, 0.3) is 0 Å². The van der Waals surface area contributed by atoms with Gasteiger partial charge in [0.1, 0.15) is 11.6 Å². The van der Waals surface area contributed by atoms with Crippen LogP contribution in [0, 0.1) is 37.7 Å². The minimum absolute atomic E-state index is 0. The van der Waals surface area contributed by atoms with Gasteiger partial charge in [-0.3, -0.25) is 9.78 Å². The maximum absolute atomic E-state index is 11.8. The van der Waals surface area contributed by atoms with E-state index in [4.69, 9.17) is 9.97 Å². The van der Waals surface area contributed by atoms with Crippen LogP contribution in [0.25, 0.3) is 32.9 Å². The van der Waals surface area contributed by atoms with E-state index in [-0.39, 0.29) is 53.8 Å². The summed E-state index contributed by atoms with van der Waals surface area (Å²) in [6.07, 6.45) is 2.99. The molecule has 4 nitrogen and oxygen atoms in total. The summed E-state index contributed by atoms with van der Waals surface area (Å²) in [6.45, 7) is 29.2. The maximum atomic E-state index is 11.8. The molecule has 1 aromatic heterocycles. The van der Waals surface area contributed by atoms with Crippen molar-refractivity contribution in [1.29, 1.82) is 0 Å². The van der Waals surface area contributed by atoms with Crippen LogP contribution in [-0.2, 0) is 30.3 Å². The van der Waals surface area contributed by atoms with Crippen molar-refractivity contribution in [2.45, 2.75) is 121 Å². The predicted molar refractivity (Wildman–Crippen MR) is 192 cm³/mol. The molecular formula is C41H55IrN2O2-. The molecule has 0 saturated carbocycles. The van der Waals surface area contributed by atoms with Gasteiger partial charge in [0, 0.05) is 48.3 Å². The van der Waals surface area contributed by atoms with E-state index in [9.17, 15) is 9.90 Å². The van der Waals surface area contributed by atoms with Gasteiger partial charge in [0.2, 0.25) is 0 Å². The average molecular weight is 800 g/mol. The summed E-state index contributed by atoms with van der Waals surface area (Å²) in [7, 11) is 0. The number of ketones is 1. The van der Waals surface area contributed by atoms with Crippen LogP contribution in [0.2, 0.25) is 0 Å². The maximum Gasteiger partial charge on any atom is 0.164 e. The minimum atomic E-state index is -0.377. The van der Waals surface area contributed by atoms with E-state index in [0.29, 0.717) is 0 Å². The molecule has 0 saturated heterocycles. The molecule has 0 bridgehead atoms. The first-order valence-corrected chi connectivity index (χ1v) is 16.4. The van der Waals surface area contributed by atoms with Gasteiger partial charge in [-0.2, -0.15) is 0 Å². The van der Waals surface area contributed by atoms with E-state index in [1.54, 1.807) is 0 Å². The topological polar surface area (TPSA) is 63.1 Å². The Balaban J connectivity index is 0.000000394. The average Bonchev–Trinajstić information content (AvgIpc) is 2.95. The van der Waals surface area contributed by atoms with Crippen LogP contribution in [0.15, 0.2) is 48.2 Å². The number of allylic oxidation sites excluding steroid dienone is 2. The largest absolute Gasteiger partial charge is 0.512 e. The van der Waals surface area contributed by atoms with Gasteiger partial charge in [-0.05, 0) is 52.8 Å². The number of hydrogen-bond donors (Lipinski definition) is 1. The Labute approximate surface area is 291 Å². The van der Waals surface area contributed by atoms with E-state index in [2.05, 4.69) is 97.9 Å². The summed E-state index contributed by atoms with van der Waals surface area (Å²) < 4.78 is 0. The number of fused-ring (bicyclic) bond motifs is 3. The first-order chi connectivity index (χ1) is 20.7. The van der Waals surface area contributed by atoms with Gasteiger partial charge in [0.15, 0.2) is 5.78 Å². The van der Waals surface area contributed by atoms with E-state index in [1.165, 1.54) is 33.5 Å². The van der Waals surface area contributed by atoms with E-state index < -0.39 is 0 Å². The Kier molecular flexibility index (Phi) is 12.7. The molecule has 46 heavy (non-hydrogen) atoms. The SMILES string of the molecule is CCC(C)(C)C(=O)/C=C(\O)C(C)(C)CC.Cc1[c-]c(-c2nc(C(C)C)nc3c2ccc2cc(C(C)(C)C)cc(C)c23)cc(C)c1.[Ir]. The molecule has 0 spiro atoms. The second kappa shape index (κ2) is 14.9. The number of nitrogens with zero attached hydrogens (tertiary/aromatic N) is 2. The molecule has 1 N–H and O–H groups in total. The number of carbonyl (C=O) groups is 1. The summed E-state index contributed by atoms with van der Waals surface area (Å²) in [5.41, 5.74) is 7.49. The van der Waals surface area contributed by atoms with Gasteiger partial charge in [-0.25, -0.2) is 4.98 Å². The van der Waals surface area contributed by atoms with Gasteiger partial charge >= 0.3 is 0 Å². The summed E-state index contributed by atoms with van der Waals surface area (Å²) in [5.74, 6) is 1.33. The number of aliphatic hydroxyl groups excluding tert-OH is 1. The van der Waals surface area contributed by atoms with E-state index in [1.807, 2.05) is 41.5 Å². The third kappa shape index (κ3) is 8.92. The van der Waals surface area contributed by atoms with Crippen molar-refractivity contribution in [3.05, 3.63) is 82.4 Å². The molecule has 0 fully saturated rings. The quantitative estimate of drug-likeness (QED) is 0.0875. The van der Waals surface area contributed by atoms with E-state index >= 15 is 0 Å². The molecule has 1 radical (unpaired) electrons. The molecule has 4 aromatic rings. The molecule has 0 aliphatic heterocycles. The predicted octanol–water partition coefficient (Wildman–Crippen LogP) is 11.5. The van der Waals surface area contributed by atoms with Gasteiger partial charge in [-0.15, -0.1) is 34.9 Å². The number of rotatable bonds is 7. The number of aliphatic hydroxyl groups is 1. The molecule has 1 heterocycles. The van der Waals surface area contributed by atoms with Crippen molar-refractivity contribution in [1.82, 2.24) is 9.97 Å². The molecule has 251 valence electrons. The van der Waals surface area contributed by atoms with Gasteiger partial charge < -0.3 is 5.11 Å². The summed E-state index contributed by atoms with van der Waals surface area (Å²) in [4.78, 5) is 21.9. The van der Waals surface area contributed by atoms with Gasteiger partial charge in [0.05, 0.1) is 5.52 Å². The second-order valence-electron chi connectivity index (χ2n) is 15.3. The molecule has 0 aliphatic carbocycles. The fraction of sp³-hybridized carbons (Fsp3) is 0.488. The molecule has 0 amide bonds. The number of aryl methyl sites for hydroxylation is 3. The van der Waals surface area contributed by atoms with Crippen LogP contribution in [-0.4, -0.2) is 20.9 Å². The van der Waals surface area contributed by atoms with Crippen molar-refractivity contribution < 1.29 is 30.0 Å². The third-order valence-electron chi connectivity index (χ3n) is 9.18. The minimum Gasteiger partial charge on any atom is -0.512 e. The van der Waals surface area contributed by atoms with Crippen molar-refractivity contribution in [3.63, 3.8) is 0 Å². The Morgan fingerprint density at radius 2 is 1.50 bits per heavy atom. The molecular weight excluding hydrogens is 745 g/mol. The van der Waals surface area contributed by atoms with Crippen LogP contribution >= 0.6 is 0 Å². The van der Waals surface area contributed by atoms with Crippen molar-refractivity contribution >= 4 is 27.5 Å². The van der Waals surface area contributed by atoms with Crippen molar-refractivity contribution in [2.24, 2.45) is 10.8 Å². The first kappa shape index (κ1) is 39.3. The van der Waals surface area contributed by atoms with Crippen LogP contribution in [0.1, 0.15) is 123 Å². The zero-order valence-corrected chi connectivity index (χ0v) is 33.0. The van der Waals surface area contributed by atoms with Crippen LogP contribution in [0.5, 0.6) is 0 Å². The van der Waals surface area contributed by atoms with E-state index in [0.717, 1.165) is 46.4 Å². The molecule has 3 aromatic carbocycles. The smallest absolute Gasteiger partial charge is 0.164 e. The Morgan fingerprint density at radius 1 is 0.891 bits per heavy atom.